The van der Waals surface area contributed by atoms with Crippen LogP contribution >= 0.6 is 0 Å². The van der Waals surface area contributed by atoms with E-state index >= 15 is 0 Å². The number of aromatic amines is 1. The molecule has 0 aliphatic carbocycles. The lowest BCUT2D eigenvalue weighted by Crippen LogP contribution is -2.09. The summed E-state index contributed by atoms with van der Waals surface area (Å²) >= 11 is 0. The average Bonchev–Trinajstić information content (AvgIpc) is 3.47. The van der Waals surface area contributed by atoms with E-state index < -0.39 is 11.9 Å². The maximum absolute atomic E-state index is 12.7. The summed E-state index contributed by atoms with van der Waals surface area (Å²) in [6.45, 7) is 2.83. The fourth-order valence-corrected chi connectivity index (χ4v) is 3.39. The zero-order valence-electron chi connectivity index (χ0n) is 17.7. The Morgan fingerprint density at radius 2 is 1.91 bits per heavy atom. The van der Waals surface area contributed by atoms with Gasteiger partial charge in [-0.2, -0.15) is 0 Å². The molecule has 7 heteroatoms. The molecule has 2 heterocycles. The number of carbonyl (C=O) groups is 2. The molecule has 0 radical (unpaired) electrons. The van der Waals surface area contributed by atoms with Crippen molar-refractivity contribution in [1.29, 1.82) is 0 Å². The zero-order chi connectivity index (χ0) is 22.3. The molecule has 0 aliphatic heterocycles. The van der Waals surface area contributed by atoms with E-state index in [0.717, 1.165) is 41.7 Å². The first-order valence-corrected chi connectivity index (χ1v) is 10.5. The van der Waals surface area contributed by atoms with Crippen LogP contribution in [0.15, 0.2) is 71.5 Å². The standard InChI is InChI=1S/C25H24N2O5/c1-2-30-24(28)17-7-10-20(11-8-17)32-25(29)22-16-27-23-12-9-18(15-21(22)23)26-13-3-5-19-6-4-14-31-19/h4,6-12,14-16,26-27H,2-3,5,13H2,1H3. The van der Waals surface area contributed by atoms with Gasteiger partial charge < -0.3 is 24.2 Å². The van der Waals surface area contributed by atoms with Gasteiger partial charge in [0.15, 0.2) is 0 Å². The Kier molecular flexibility index (Phi) is 6.55. The fraction of sp³-hybridized carbons (Fsp3) is 0.200. The number of aryl methyl sites for hydroxylation is 1. The SMILES string of the molecule is CCOC(=O)c1ccc(OC(=O)c2c[nH]c3ccc(NCCCc4ccco4)cc23)cc1. The first-order chi connectivity index (χ1) is 15.6. The number of H-pyrrole nitrogens is 1. The van der Waals surface area contributed by atoms with Gasteiger partial charge in [0.1, 0.15) is 11.5 Å². The monoisotopic (exact) mass is 432 g/mol. The van der Waals surface area contributed by atoms with Crippen molar-refractivity contribution in [2.75, 3.05) is 18.5 Å². The number of esters is 2. The van der Waals surface area contributed by atoms with Gasteiger partial charge in [0, 0.05) is 35.8 Å². The number of aromatic nitrogens is 1. The van der Waals surface area contributed by atoms with Crippen LogP contribution < -0.4 is 10.1 Å². The van der Waals surface area contributed by atoms with Crippen molar-refractivity contribution in [3.05, 3.63) is 83.9 Å². The number of nitrogens with one attached hydrogen (secondary N) is 2. The molecule has 2 aromatic carbocycles. The first kappa shape index (κ1) is 21.2. The molecule has 0 bridgehead atoms. The maximum Gasteiger partial charge on any atom is 0.345 e. The molecule has 164 valence electrons. The number of anilines is 1. The summed E-state index contributed by atoms with van der Waals surface area (Å²) in [6, 6.07) is 16.0. The number of carbonyl (C=O) groups excluding carboxylic acids is 2. The van der Waals surface area contributed by atoms with Crippen LogP contribution in [0.1, 0.15) is 39.8 Å². The summed E-state index contributed by atoms with van der Waals surface area (Å²) in [5.74, 6) is 0.430. The first-order valence-electron chi connectivity index (χ1n) is 10.5. The van der Waals surface area contributed by atoms with Crippen molar-refractivity contribution in [2.24, 2.45) is 0 Å². The molecule has 0 spiro atoms. The molecule has 2 N–H and O–H groups in total. The van der Waals surface area contributed by atoms with E-state index in [0.29, 0.717) is 23.5 Å². The number of rotatable bonds is 9. The Morgan fingerprint density at radius 3 is 2.66 bits per heavy atom. The molecule has 0 saturated carbocycles. The van der Waals surface area contributed by atoms with E-state index in [2.05, 4.69) is 10.3 Å². The number of fused-ring (bicyclic) bond motifs is 1. The second kappa shape index (κ2) is 9.87. The van der Waals surface area contributed by atoms with Crippen LogP contribution in [0.5, 0.6) is 5.75 Å². The van der Waals surface area contributed by atoms with Crippen LogP contribution in [0.4, 0.5) is 5.69 Å². The lowest BCUT2D eigenvalue weighted by atomic mass is 10.1. The molecule has 2 aromatic heterocycles. The summed E-state index contributed by atoms with van der Waals surface area (Å²) in [7, 11) is 0. The normalized spacial score (nSPS) is 10.8. The molecule has 32 heavy (non-hydrogen) atoms. The van der Waals surface area contributed by atoms with Gasteiger partial charge in [-0.05, 0) is 67.9 Å². The van der Waals surface area contributed by atoms with Crippen LogP contribution in [-0.4, -0.2) is 30.1 Å². The molecule has 0 amide bonds. The molecule has 0 atom stereocenters. The van der Waals surface area contributed by atoms with Crippen molar-refractivity contribution in [2.45, 2.75) is 19.8 Å². The van der Waals surface area contributed by atoms with Crippen molar-refractivity contribution < 1.29 is 23.5 Å². The van der Waals surface area contributed by atoms with Gasteiger partial charge in [0.05, 0.1) is 24.0 Å². The summed E-state index contributed by atoms with van der Waals surface area (Å²) in [6.07, 6.45) is 5.10. The predicted octanol–water partition coefficient (Wildman–Crippen LogP) is 5.20. The molecule has 0 fully saturated rings. The van der Waals surface area contributed by atoms with E-state index in [-0.39, 0.29) is 0 Å². The Hall–Kier alpha value is -4.00. The maximum atomic E-state index is 12.7. The topological polar surface area (TPSA) is 93.6 Å². The Balaban J connectivity index is 1.40. The van der Waals surface area contributed by atoms with Gasteiger partial charge >= 0.3 is 11.9 Å². The van der Waals surface area contributed by atoms with Gasteiger partial charge in [-0.3, -0.25) is 0 Å². The highest BCUT2D eigenvalue weighted by Gasteiger charge is 2.15. The van der Waals surface area contributed by atoms with Crippen LogP contribution in [0.2, 0.25) is 0 Å². The van der Waals surface area contributed by atoms with Gasteiger partial charge in [-0.1, -0.05) is 0 Å². The van der Waals surface area contributed by atoms with E-state index in [9.17, 15) is 9.59 Å². The highest BCUT2D eigenvalue weighted by molar-refractivity contribution is 6.05. The van der Waals surface area contributed by atoms with E-state index in [1.807, 2.05) is 30.3 Å². The number of furan rings is 1. The third kappa shape index (κ3) is 5.00. The van der Waals surface area contributed by atoms with Crippen molar-refractivity contribution >= 4 is 28.5 Å². The second-order valence-corrected chi connectivity index (χ2v) is 7.21. The smallest absolute Gasteiger partial charge is 0.345 e. The molecule has 4 rings (SSSR count). The van der Waals surface area contributed by atoms with E-state index in [4.69, 9.17) is 13.9 Å². The molecule has 0 saturated heterocycles. The molecular weight excluding hydrogens is 408 g/mol. The fourth-order valence-electron chi connectivity index (χ4n) is 3.39. The summed E-state index contributed by atoms with van der Waals surface area (Å²) < 4.78 is 15.8. The molecule has 7 nitrogen and oxygen atoms in total. The van der Waals surface area contributed by atoms with E-state index in [1.165, 1.54) is 0 Å². The van der Waals surface area contributed by atoms with E-state index in [1.54, 1.807) is 43.6 Å². The van der Waals surface area contributed by atoms with Crippen molar-refractivity contribution in [3.63, 3.8) is 0 Å². The summed E-state index contributed by atoms with van der Waals surface area (Å²) in [5.41, 5.74) is 2.61. The average molecular weight is 432 g/mol. The molecular formula is C25H24N2O5. The lowest BCUT2D eigenvalue weighted by Gasteiger charge is -2.07. The van der Waals surface area contributed by atoms with Crippen LogP contribution in [-0.2, 0) is 11.2 Å². The number of benzene rings is 2. The van der Waals surface area contributed by atoms with Gasteiger partial charge in [-0.25, -0.2) is 9.59 Å². The van der Waals surface area contributed by atoms with Gasteiger partial charge in [0.2, 0.25) is 0 Å². The second-order valence-electron chi connectivity index (χ2n) is 7.21. The highest BCUT2D eigenvalue weighted by Crippen LogP contribution is 2.24. The highest BCUT2D eigenvalue weighted by atomic mass is 16.5. The lowest BCUT2D eigenvalue weighted by molar-refractivity contribution is 0.0526. The van der Waals surface area contributed by atoms with Gasteiger partial charge in [-0.15, -0.1) is 0 Å². The summed E-state index contributed by atoms with van der Waals surface area (Å²) in [5, 5.41) is 4.15. The molecule has 4 aromatic rings. The number of ether oxygens (including phenoxy) is 2. The van der Waals surface area contributed by atoms with Gasteiger partial charge in [0.25, 0.3) is 0 Å². The quantitative estimate of drug-likeness (QED) is 0.214. The Morgan fingerprint density at radius 1 is 1.06 bits per heavy atom. The Labute approximate surface area is 185 Å². The minimum absolute atomic E-state index is 0.303. The third-order valence-corrected chi connectivity index (χ3v) is 4.99. The molecule has 0 unspecified atom stereocenters. The van der Waals surface area contributed by atoms with Crippen molar-refractivity contribution in [3.8, 4) is 5.75 Å². The molecule has 0 aliphatic rings. The summed E-state index contributed by atoms with van der Waals surface area (Å²) in [4.78, 5) is 27.6. The zero-order valence-corrected chi connectivity index (χ0v) is 17.7. The predicted molar refractivity (Wildman–Crippen MR) is 121 cm³/mol. The Bertz CT molecular complexity index is 1190. The minimum atomic E-state index is -0.477. The van der Waals surface area contributed by atoms with Crippen LogP contribution in [0.3, 0.4) is 0 Å². The van der Waals surface area contributed by atoms with Crippen molar-refractivity contribution in [1.82, 2.24) is 4.98 Å². The third-order valence-electron chi connectivity index (χ3n) is 4.99. The van der Waals surface area contributed by atoms with Crippen LogP contribution in [0.25, 0.3) is 10.9 Å². The minimum Gasteiger partial charge on any atom is -0.469 e. The number of hydrogen-bond donors (Lipinski definition) is 2. The number of hydrogen-bond acceptors (Lipinski definition) is 6. The van der Waals surface area contributed by atoms with Crippen LogP contribution in [0, 0.1) is 0 Å². The largest absolute Gasteiger partial charge is 0.469 e.